The van der Waals surface area contributed by atoms with Gasteiger partial charge in [-0.25, -0.2) is 0 Å². The Morgan fingerprint density at radius 3 is 1.92 bits per heavy atom. The summed E-state index contributed by atoms with van der Waals surface area (Å²) in [7, 11) is 0. The van der Waals surface area contributed by atoms with E-state index in [0.29, 0.717) is 0 Å². The fourth-order valence-corrected chi connectivity index (χ4v) is 0.533. The number of aliphatic carboxylic acids is 2. The van der Waals surface area contributed by atoms with Crippen LogP contribution >= 0.6 is 0 Å². The first-order valence-corrected chi connectivity index (χ1v) is 3.61. The van der Waals surface area contributed by atoms with Gasteiger partial charge in [-0.1, -0.05) is 0 Å². The van der Waals surface area contributed by atoms with Crippen molar-refractivity contribution in [2.75, 3.05) is 6.61 Å². The summed E-state index contributed by atoms with van der Waals surface area (Å²) in [5, 5.41) is 16.3. The zero-order valence-corrected chi connectivity index (χ0v) is 6.86. The largest absolute Gasteiger partial charge is 0.481 e. The topological polar surface area (TPSA) is 101 Å². The van der Waals surface area contributed by atoms with Crippen LogP contribution in [-0.2, 0) is 19.1 Å². The third kappa shape index (κ3) is 8.32. The van der Waals surface area contributed by atoms with Crippen molar-refractivity contribution < 1.29 is 29.3 Å². The number of hydrogen-bond donors (Lipinski definition) is 2. The molecule has 0 bridgehead atoms. The predicted molar refractivity (Wildman–Crippen MR) is 40.1 cm³/mol. The predicted octanol–water partition coefficient (Wildman–Crippen LogP) is -0.131. The molecular weight excluding hydrogens is 180 g/mol. The maximum absolute atomic E-state index is 10.7. The molecule has 0 atom stereocenters. The molecule has 0 aromatic carbocycles. The monoisotopic (exact) mass is 190 g/mol. The highest BCUT2D eigenvalue weighted by atomic mass is 16.5. The molecule has 6 heteroatoms. The van der Waals surface area contributed by atoms with Crippen LogP contribution in [0.1, 0.15) is 19.3 Å². The van der Waals surface area contributed by atoms with Crippen LogP contribution in [0.5, 0.6) is 0 Å². The highest BCUT2D eigenvalue weighted by Gasteiger charge is 2.06. The highest BCUT2D eigenvalue weighted by molar-refractivity contribution is 5.76. The van der Waals surface area contributed by atoms with E-state index in [1.165, 1.54) is 0 Å². The van der Waals surface area contributed by atoms with Crippen LogP contribution in [0.2, 0.25) is 0 Å². The number of carboxylic acid groups (broad SMARTS) is 2. The fraction of sp³-hybridized carbons (Fsp3) is 0.571. The number of ether oxygens (including phenoxy) is 1. The summed E-state index contributed by atoms with van der Waals surface area (Å²) < 4.78 is 4.42. The molecule has 0 saturated carbocycles. The normalized spacial score (nSPS) is 9.23. The summed E-state index contributed by atoms with van der Waals surface area (Å²) >= 11 is 0. The molecule has 0 aromatic rings. The molecule has 0 aromatic heterocycles. The van der Waals surface area contributed by atoms with Crippen LogP contribution in [0.25, 0.3) is 0 Å². The first-order chi connectivity index (χ1) is 6.02. The second-order valence-electron chi connectivity index (χ2n) is 2.26. The summed E-state index contributed by atoms with van der Waals surface area (Å²) in [6.45, 7) is -0.214. The molecule has 0 aliphatic carbocycles. The smallest absolute Gasteiger partial charge is 0.306 e. The van der Waals surface area contributed by atoms with E-state index in [9.17, 15) is 14.4 Å². The van der Waals surface area contributed by atoms with Crippen LogP contribution in [0, 0.1) is 0 Å². The molecule has 0 radical (unpaired) electrons. The average molecular weight is 190 g/mol. The third-order valence-electron chi connectivity index (χ3n) is 1.12. The Hall–Kier alpha value is -1.59. The van der Waals surface area contributed by atoms with E-state index in [4.69, 9.17) is 10.2 Å². The van der Waals surface area contributed by atoms with Gasteiger partial charge in [0.25, 0.3) is 0 Å². The lowest BCUT2D eigenvalue weighted by Crippen LogP contribution is -2.10. The van der Waals surface area contributed by atoms with Crippen molar-refractivity contribution in [3.63, 3.8) is 0 Å². The lowest BCUT2D eigenvalue weighted by molar-refractivity contribution is -0.149. The van der Waals surface area contributed by atoms with Gasteiger partial charge < -0.3 is 14.9 Å². The number of hydrogen-bond acceptors (Lipinski definition) is 4. The summed E-state index contributed by atoms with van der Waals surface area (Å²) in [5.41, 5.74) is 0. The van der Waals surface area contributed by atoms with Crippen molar-refractivity contribution >= 4 is 17.9 Å². The molecule has 0 spiro atoms. The first kappa shape index (κ1) is 11.4. The summed E-state index contributed by atoms with van der Waals surface area (Å²) in [6, 6.07) is 0. The Morgan fingerprint density at radius 1 is 0.923 bits per heavy atom. The molecule has 0 aliphatic rings. The molecule has 0 heterocycles. The van der Waals surface area contributed by atoms with Gasteiger partial charge in [0, 0.05) is 0 Å². The van der Waals surface area contributed by atoms with Gasteiger partial charge in [0.2, 0.25) is 0 Å². The second kappa shape index (κ2) is 5.99. The molecule has 0 aliphatic heterocycles. The minimum absolute atomic E-state index is 0.214. The molecule has 6 nitrogen and oxygen atoms in total. The summed E-state index contributed by atoms with van der Waals surface area (Å²) in [6.07, 6.45) is -0.792. The molecule has 2 N–H and O–H groups in total. The third-order valence-corrected chi connectivity index (χ3v) is 1.12. The maximum atomic E-state index is 10.7. The van der Waals surface area contributed by atoms with Gasteiger partial charge in [-0.2, -0.15) is 0 Å². The quantitative estimate of drug-likeness (QED) is 0.565. The van der Waals surface area contributed by atoms with Crippen LogP contribution in [-0.4, -0.2) is 34.7 Å². The summed E-state index contributed by atoms with van der Waals surface area (Å²) in [4.78, 5) is 30.6. The maximum Gasteiger partial charge on any atom is 0.306 e. The lowest BCUT2D eigenvalue weighted by Gasteiger charge is -2.00. The van der Waals surface area contributed by atoms with E-state index in [-0.39, 0.29) is 25.9 Å². The molecular formula is C7H10O6. The Morgan fingerprint density at radius 2 is 1.46 bits per heavy atom. The minimum atomic E-state index is -1.09. The molecule has 0 saturated heterocycles. The van der Waals surface area contributed by atoms with Gasteiger partial charge in [0.05, 0.1) is 19.3 Å². The van der Waals surface area contributed by atoms with E-state index in [1.54, 1.807) is 0 Å². The van der Waals surface area contributed by atoms with Crippen molar-refractivity contribution in [2.45, 2.75) is 19.3 Å². The van der Waals surface area contributed by atoms with Crippen LogP contribution < -0.4 is 0 Å². The van der Waals surface area contributed by atoms with Crippen molar-refractivity contribution in [2.24, 2.45) is 0 Å². The van der Waals surface area contributed by atoms with E-state index in [0.717, 1.165) is 0 Å². The van der Waals surface area contributed by atoms with Gasteiger partial charge in [-0.3, -0.25) is 14.4 Å². The Kier molecular flexibility index (Phi) is 5.25. The van der Waals surface area contributed by atoms with Crippen LogP contribution in [0.15, 0.2) is 0 Å². The molecule has 74 valence electrons. The molecule has 0 fully saturated rings. The zero-order valence-electron chi connectivity index (χ0n) is 6.86. The SMILES string of the molecule is O=C(O)CCOC(=O)CCC(=O)O. The van der Waals surface area contributed by atoms with Crippen LogP contribution in [0.3, 0.4) is 0 Å². The van der Waals surface area contributed by atoms with Crippen molar-refractivity contribution in [3.8, 4) is 0 Å². The van der Waals surface area contributed by atoms with E-state index < -0.39 is 17.9 Å². The van der Waals surface area contributed by atoms with Crippen molar-refractivity contribution in [1.82, 2.24) is 0 Å². The summed E-state index contributed by atoms with van der Waals surface area (Å²) in [5.74, 6) is -2.84. The Bertz CT molecular complexity index is 209. The van der Waals surface area contributed by atoms with Crippen LogP contribution in [0.4, 0.5) is 0 Å². The number of carboxylic acids is 2. The number of rotatable bonds is 6. The first-order valence-electron chi connectivity index (χ1n) is 3.61. The van der Waals surface area contributed by atoms with Gasteiger partial charge in [-0.15, -0.1) is 0 Å². The number of carbonyl (C=O) groups is 3. The van der Waals surface area contributed by atoms with Crippen molar-refractivity contribution in [1.29, 1.82) is 0 Å². The molecule has 0 amide bonds. The second-order valence-corrected chi connectivity index (χ2v) is 2.26. The number of carbonyl (C=O) groups excluding carboxylic acids is 1. The van der Waals surface area contributed by atoms with Gasteiger partial charge in [-0.05, 0) is 0 Å². The standard InChI is InChI=1S/C7H10O6/c8-5(9)1-2-7(12)13-4-3-6(10)11/h1-4H2,(H,8,9)(H,10,11). The molecule has 0 unspecified atom stereocenters. The van der Waals surface area contributed by atoms with E-state index >= 15 is 0 Å². The average Bonchev–Trinajstić information content (AvgIpc) is 2.00. The Balaban J connectivity index is 3.41. The van der Waals surface area contributed by atoms with Gasteiger partial charge >= 0.3 is 17.9 Å². The fourth-order valence-electron chi connectivity index (χ4n) is 0.533. The van der Waals surface area contributed by atoms with Gasteiger partial charge in [0.1, 0.15) is 6.61 Å². The Labute approximate surface area is 74.1 Å². The lowest BCUT2D eigenvalue weighted by atomic mass is 10.3. The highest BCUT2D eigenvalue weighted by Crippen LogP contribution is 1.93. The zero-order chi connectivity index (χ0) is 10.3. The minimum Gasteiger partial charge on any atom is -0.481 e. The van der Waals surface area contributed by atoms with E-state index in [1.807, 2.05) is 0 Å². The van der Waals surface area contributed by atoms with Gasteiger partial charge in [0.15, 0.2) is 0 Å². The molecule has 13 heavy (non-hydrogen) atoms. The van der Waals surface area contributed by atoms with Crippen molar-refractivity contribution in [3.05, 3.63) is 0 Å². The molecule has 0 rings (SSSR count). The number of esters is 1. The van der Waals surface area contributed by atoms with E-state index in [2.05, 4.69) is 4.74 Å².